The van der Waals surface area contributed by atoms with E-state index >= 15 is 0 Å². The van der Waals surface area contributed by atoms with Crippen LogP contribution in [0, 0.1) is 10.4 Å². The highest BCUT2D eigenvalue weighted by Gasteiger charge is 2.10. The van der Waals surface area contributed by atoms with Crippen LogP contribution in [0.4, 0.5) is 0 Å². The Bertz CT molecular complexity index is 1330. The summed E-state index contributed by atoms with van der Waals surface area (Å²) in [6.07, 6.45) is 13.4. The molecule has 6 rings (SSSR count). The van der Waals surface area contributed by atoms with Crippen molar-refractivity contribution in [3.05, 3.63) is 110 Å². The summed E-state index contributed by atoms with van der Waals surface area (Å²) in [5, 5.41) is 13.5. The molecule has 3 aromatic carbocycles. The lowest BCUT2D eigenvalue weighted by atomic mass is 9.89. The molecular formula is C27H24N2. The molecule has 0 atom stereocenters. The molecule has 0 aromatic heterocycles. The first kappa shape index (κ1) is 17.8. The summed E-state index contributed by atoms with van der Waals surface area (Å²) in [5.74, 6) is 0. The zero-order chi connectivity index (χ0) is 19.5. The standard InChI is InChI=1S/C18H16.C9H8N2/c1-3-7-15-13(5-1)9-11-18-16-8-4-2-6-14(16)10-12-17(15)18;1-2-4-9-7-11-10-6-5-8(9)3-1/h1,3,5-7,9-10,12H,2,4,8,11H2;1-6H,7H2. The maximum atomic E-state index is 3.95. The number of benzene rings is 3. The molecule has 0 unspecified atom stereocenters. The van der Waals surface area contributed by atoms with Gasteiger partial charge in [0.2, 0.25) is 0 Å². The Balaban J connectivity index is 0.000000142. The maximum Gasteiger partial charge on any atom is 0.0859 e. The second kappa shape index (κ2) is 8.00. The van der Waals surface area contributed by atoms with Gasteiger partial charge in [-0.05, 0) is 74.9 Å². The predicted molar refractivity (Wildman–Crippen MR) is 119 cm³/mol. The third kappa shape index (κ3) is 3.58. The van der Waals surface area contributed by atoms with Crippen LogP contribution in [0.15, 0.2) is 77.1 Å². The number of azo groups is 1. The highest BCUT2D eigenvalue weighted by atomic mass is 15.1. The molecule has 2 nitrogen and oxygen atoms in total. The second-order valence-electron chi connectivity index (χ2n) is 7.68. The van der Waals surface area contributed by atoms with Gasteiger partial charge in [0.15, 0.2) is 0 Å². The van der Waals surface area contributed by atoms with E-state index in [0.717, 1.165) is 6.42 Å². The van der Waals surface area contributed by atoms with Crippen molar-refractivity contribution in [2.75, 3.05) is 0 Å². The van der Waals surface area contributed by atoms with E-state index in [4.69, 9.17) is 0 Å². The van der Waals surface area contributed by atoms with Crippen molar-refractivity contribution < 1.29 is 0 Å². The maximum absolute atomic E-state index is 3.95. The molecule has 3 aromatic rings. The SMILES string of the molecule is C1=Cc2ccccc2CN=N1.C1=c2ccc3c(c2CCC1)CC=c1ccccc1=3. The average Bonchev–Trinajstić information content (AvgIpc) is 3.05. The van der Waals surface area contributed by atoms with Crippen molar-refractivity contribution in [3.8, 4) is 0 Å². The Kier molecular flexibility index (Phi) is 4.92. The number of rotatable bonds is 0. The predicted octanol–water partition coefficient (Wildman–Crippen LogP) is 5.05. The van der Waals surface area contributed by atoms with E-state index in [1.807, 2.05) is 18.2 Å². The molecule has 0 saturated carbocycles. The summed E-state index contributed by atoms with van der Waals surface area (Å²) in [5.41, 5.74) is 5.63. The van der Waals surface area contributed by atoms with Gasteiger partial charge in [-0.2, -0.15) is 10.2 Å². The summed E-state index contributed by atoms with van der Waals surface area (Å²) in [7, 11) is 0. The molecule has 29 heavy (non-hydrogen) atoms. The summed E-state index contributed by atoms with van der Waals surface area (Å²) < 4.78 is 0. The van der Waals surface area contributed by atoms with E-state index in [1.165, 1.54) is 51.3 Å². The van der Waals surface area contributed by atoms with Gasteiger partial charge in [-0.1, -0.05) is 72.8 Å². The molecule has 2 aliphatic carbocycles. The summed E-state index contributed by atoms with van der Waals surface area (Å²) in [6, 6.07) is 21.6. The van der Waals surface area contributed by atoms with Crippen LogP contribution in [-0.4, -0.2) is 0 Å². The van der Waals surface area contributed by atoms with Crippen LogP contribution in [0.3, 0.4) is 0 Å². The minimum atomic E-state index is 0.698. The van der Waals surface area contributed by atoms with Crippen LogP contribution in [-0.2, 0) is 19.4 Å². The number of fused-ring (bicyclic) bond motifs is 5. The Hall–Kier alpha value is -3.26. The van der Waals surface area contributed by atoms with Crippen LogP contribution in [0.2, 0.25) is 0 Å². The lowest BCUT2D eigenvalue weighted by Crippen LogP contribution is -2.19. The Labute approximate surface area is 171 Å². The Morgan fingerprint density at radius 1 is 0.724 bits per heavy atom. The molecule has 0 N–H and O–H groups in total. The molecular weight excluding hydrogens is 352 g/mol. The minimum absolute atomic E-state index is 0.698. The van der Waals surface area contributed by atoms with Crippen molar-refractivity contribution in [3.63, 3.8) is 0 Å². The van der Waals surface area contributed by atoms with Crippen LogP contribution in [0.25, 0.3) is 18.2 Å². The molecule has 1 heterocycles. The van der Waals surface area contributed by atoms with Gasteiger partial charge in [0.25, 0.3) is 0 Å². The lowest BCUT2D eigenvalue weighted by Gasteiger charge is -2.16. The first-order valence-electron chi connectivity index (χ1n) is 10.4. The highest BCUT2D eigenvalue weighted by molar-refractivity contribution is 5.54. The smallest absolute Gasteiger partial charge is 0.0859 e. The van der Waals surface area contributed by atoms with Crippen molar-refractivity contribution >= 4 is 18.2 Å². The zero-order valence-electron chi connectivity index (χ0n) is 16.5. The Morgan fingerprint density at radius 2 is 1.62 bits per heavy atom. The van der Waals surface area contributed by atoms with Crippen molar-refractivity contribution in [1.29, 1.82) is 0 Å². The second-order valence-corrected chi connectivity index (χ2v) is 7.68. The van der Waals surface area contributed by atoms with E-state index < -0.39 is 0 Å². The highest BCUT2D eigenvalue weighted by Crippen LogP contribution is 2.17. The van der Waals surface area contributed by atoms with Gasteiger partial charge in [-0.15, -0.1) is 0 Å². The van der Waals surface area contributed by atoms with Gasteiger partial charge >= 0.3 is 0 Å². The number of hydrogen-bond acceptors (Lipinski definition) is 2. The van der Waals surface area contributed by atoms with Gasteiger partial charge < -0.3 is 0 Å². The Morgan fingerprint density at radius 3 is 2.62 bits per heavy atom. The van der Waals surface area contributed by atoms with E-state index in [9.17, 15) is 0 Å². The molecule has 3 aliphatic rings. The molecule has 0 saturated heterocycles. The van der Waals surface area contributed by atoms with Crippen molar-refractivity contribution in [2.45, 2.75) is 32.2 Å². The molecule has 2 heteroatoms. The topological polar surface area (TPSA) is 24.7 Å². The van der Waals surface area contributed by atoms with Gasteiger partial charge in [-0.3, -0.25) is 0 Å². The van der Waals surface area contributed by atoms with Crippen LogP contribution in [0.5, 0.6) is 0 Å². The van der Waals surface area contributed by atoms with E-state index in [0.29, 0.717) is 6.54 Å². The molecule has 0 spiro atoms. The van der Waals surface area contributed by atoms with E-state index in [1.54, 1.807) is 17.3 Å². The van der Waals surface area contributed by atoms with Gasteiger partial charge in [-0.25, -0.2) is 0 Å². The number of hydrogen-bond donors (Lipinski definition) is 0. The van der Waals surface area contributed by atoms with Crippen LogP contribution < -0.4 is 10.4 Å². The van der Waals surface area contributed by atoms with Gasteiger partial charge in [0.1, 0.15) is 0 Å². The summed E-state index contributed by atoms with van der Waals surface area (Å²) >= 11 is 0. The van der Waals surface area contributed by atoms with Crippen LogP contribution in [0.1, 0.15) is 35.1 Å². The van der Waals surface area contributed by atoms with Crippen molar-refractivity contribution in [2.24, 2.45) is 10.2 Å². The summed E-state index contributed by atoms with van der Waals surface area (Å²) in [6.45, 7) is 0.698. The zero-order valence-corrected chi connectivity index (χ0v) is 16.5. The normalized spacial score (nSPS) is 15.2. The third-order valence-electron chi connectivity index (χ3n) is 5.94. The third-order valence-corrected chi connectivity index (χ3v) is 5.94. The first-order chi connectivity index (χ1) is 14.4. The molecule has 142 valence electrons. The van der Waals surface area contributed by atoms with Crippen LogP contribution >= 0.6 is 0 Å². The fourth-order valence-corrected chi connectivity index (χ4v) is 4.47. The first-order valence-corrected chi connectivity index (χ1v) is 10.4. The van der Waals surface area contributed by atoms with Gasteiger partial charge in [0, 0.05) is 6.20 Å². The molecule has 0 fully saturated rings. The quantitative estimate of drug-likeness (QED) is 0.524. The molecule has 0 bridgehead atoms. The lowest BCUT2D eigenvalue weighted by molar-refractivity contribution is 0.824. The monoisotopic (exact) mass is 376 g/mol. The van der Waals surface area contributed by atoms with E-state index in [-0.39, 0.29) is 0 Å². The number of nitrogens with zero attached hydrogens (tertiary/aromatic N) is 2. The summed E-state index contributed by atoms with van der Waals surface area (Å²) in [4.78, 5) is 0. The minimum Gasteiger partial charge on any atom is -0.184 e. The van der Waals surface area contributed by atoms with E-state index in [2.05, 4.69) is 70.9 Å². The molecule has 0 amide bonds. The fraction of sp³-hybridized carbons (Fsp3) is 0.185. The fourth-order valence-electron chi connectivity index (χ4n) is 4.47. The van der Waals surface area contributed by atoms with Crippen molar-refractivity contribution in [1.82, 2.24) is 0 Å². The average molecular weight is 377 g/mol. The largest absolute Gasteiger partial charge is 0.184 e. The molecule has 1 aliphatic heterocycles. The van der Waals surface area contributed by atoms with Gasteiger partial charge in [0.05, 0.1) is 6.54 Å². The molecule has 0 radical (unpaired) electrons.